The van der Waals surface area contributed by atoms with Crippen LogP contribution in [0.4, 0.5) is 0 Å². The quantitative estimate of drug-likeness (QED) is 0.0315. The number of hydrogen-bond donors (Lipinski definition) is 0. The van der Waals surface area contributed by atoms with Gasteiger partial charge in [0, 0.05) is 104 Å². The molecule has 0 aromatic rings. The Balaban J connectivity index is 0.00000128. The standard InChI is InChI=1S/2C53H103N5O6/c1-6-11-16-19-22-25-28-35-54(38-31-33-52(61)63-46-14-9-4)40-41-56(37-30-27-24-21-18-13-8-3)49-51(60)58-44-42-57(43-45-58)50(59)48-55(36-29-26-23-20-17-12-7-2)39-32-34-53(62)64-47-15-10-5;1-6-11-16-19-22-25-28-35-54(36-29-26-23-20-17-12-7-2)40-41-56(37-30-27-24-21-18-13-8-3)49-51(60)58-44-42-57(43-45-58)50(59)48-55(38-31-33-52(61)63-46-14-9-4)39-32-34-53(62)64-47-15-10-5/h2*6-49H2,1-5H3. The van der Waals surface area contributed by atoms with Crippen LogP contribution in [-0.2, 0) is 57.3 Å². The molecule has 0 N–H and O–H groups in total. The molecule has 0 spiro atoms. The van der Waals surface area contributed by atoms with Crippen LogP contribution in [0.5, 0.6) is 0 Å². The van der Waals surface area contributed by atoms with E-state index in [9.17, 15) is 38.4 Å². The Labute approximate surface area is 787 Å². The number of amides is 4. The minimum absolute atomic E-state index is 0.0331. The van der Waals surface area contributed by atoms with Crippen molar-refractivity contribution in [2.45, 2.75) is 442 Å². The summed E-state index contributed by atoms with van der Waals surface area (Å²) in [6, 6.07) is 0. The van der Waals surface area contributed by atoms with Gasteiger partial charge < -0.3 is 48.3 Å². The highest BCUT2D eigenvalue weighted by Gasteiger charge is 2.30. The van der Waals surface area contributed by atoms with Crippen LogP contribution in [-0.4, -0.2) is 293 Å². The summed E-state index contributed by atoms with van der Waals surface area (Å²) < 4.78 is 21.5. The fraction of sp³-hybridized carbons (Fsp3) is 0.925. The normalized spacial score (nSPS) is 13.1. The molecule has 22 nitrogen and oxygen atoms in total. The van der Waals surface area contributed by atoms with Gasteiger partial charge in [-0.15, -0.1) is 0 Å². The molecule has 0 saturated carbocycles. The van der Waals surface area contributed by atoms with Gasteiger partial charge >= 0.3 is 23.9 Å². The average molecular weight is 1810 g/mol. The summed E-state index contributed by atoms with van der Waals surface area (Å²) in [6.45, 7) is 42.1. The molecule has 2 heterocycles. The van der Waals surface area contributed by atoms with E-state index < -0.39 is 0 Å². The fourth-order valence-corrected chi connectivity index (χ4v) is 17.0. The third-order valence-electron chi connectivity index (χ3n) is 25.8. The van der Waals surface area contributed by atoms with Gasteiger partial charge in [0.15, 0.2) is 0 Å². The van der Waals surface area contributed by atoms with E-state index in [1.165, 1.54) is 238 Å². The zero-order valence-electron chi connectivity index (χ0n) is 85.6. The van der Waals surface area contributed by atoms with Crippen LogP contribution in [0.15, 0.2) is 0 Å². The van der Waals surface area contributed by atoms with E-state index in [0.29, 0.717) is 163 Å². The first-order valence-electron chi connectivity index (χ1n) is 54.6. The first kappa shape index (κ1) is 122. The Morgan fingerprint density at radius 2 is 0.312 bits per heavy atom. The predicted molar refractivity (Wildman–Crippen MR) is 533 cm³/mol. The minimum atomic E-state index is -0.203. The molecule has 0 radical (unpaired) electrons. The summed E-state index contributed by atoms with van der Waals surface area (Å²) in [5.41, 5.74) is 0. The Kier molecular flexibility index (Phi) is 85.8. The molecule has 0 atom stereocenters. The molecular weight excluding hydrogens is 1610 g/mol. The van der Waals surface area contributed by atoms with E-state index in [1.54, 1.807) is 0 Å². The molecular formula is C106H206N10O12. The Bertz CT molecular complexity index is 2530. The van der Waals surface area contributed by atoms with Crippen molar-refractivity contribution in [1.29, 1.82) is 0 Å². The number of piperazine rings is 2. The smallest absolute Gasteiger partial charge is 0.305 e. The summed E-state index contributed by atoms with van der Waals surface area (Å²) in [5.74, 6) is -0.142. The molecule has 2 fully saturated rings. The van der Waals surface area contributed by atoms with E-state index in [0.717, 1.165) is 162 Å². The van der Waals surface area contributed by atoms with Crippen LogP contribution in [0.25, 0.3) is 0 Å². The second-order valence-electron chi connectivity index (χ2n) is 37.7. The van der Waals surface area contributed by atoms with E-state index in [2.05, 4.69) is 98.6 Å². The highest BCUT2D eigenvalue weighted by molar-refractivity contribution is 5.81. The van der Waals surface area contributed by atoms with Crippen LogP contribution in [0.1, 0.15) is 442 Å². The molecule has 22 heteroatoms. The van der Waals surface area contributed by atoms with Crippen LogP contribution in [0.2, 0.25) is 0 Å². The molecule has 2 rings (SSSR count). The molecule has 0 bridgehead atoms. The Morgan fingerprint density at radius 1 is 0.172 bits per heavy atom. The minimum Gasteiger partial charge on any atom is -0.466 e. The Hall–Kier alpha value is -4.48. The molecule has 2 aliphatic heterocycles. The molecule has 752 valence electrons. The third-order valence-corrected chi connectivity index (χ3v) is 25.8. The number of carbonyl (C=O) groups is 8. The number of rotatable bonds is 90. The van der Waals surface area contributed by atoms with E-state index in [4.69, 9.17) is 18.9 Å². The lowest BCUT2D eigenvalue weighted by Crippen LogP contribution is -2.54. The molecule has 0 aromatic carbocycles. The summed E-state index contributed by atoms with van der Waals surface area (Å²) in [4.78, 5) is 127. The van der Waals surface area contributed by atoms with Crippen LogP contribution >= 0.6 is 0 Å². The van der Waals surface area contributed by atoms with E-state index in [-0.39, 0.29) is 54.1 Å². The number of carbonyl (C=O) groups excluding carboxylic acids is 8. The lowest BCUT2D eigenvalue weighted by Gasteiger charge is -2.37. The summed E-state index contributed by atoms with van der Waals surface area (Å²) in [6.07, 6.45) is 65.2. The van der Waals surface area contributed by atoms with Crippen molar-refractivity contribution in [3.05, 3.63) is 0 Å². The van der Waals surface area contributed by atoms with Gasteiger partial charge in [-0.05, 0) is 155 Å². The van der Waals surface area contributed by atoms with Crippen molar-refractivity contribution < 1.29 is 57.3 Å². The summed E-state index contributed by atoms with van der Waals surface area (Å²) in [5, 5.41) is 0. The zero-order chi connectivity index (χ0) is 93.4. The van der Waals surface area contributed by atoms with Gasteiger partial charge in [0.2, 0.25) is 23.6 Å². The van der Waals surface area contributed by atoms with Crippen molar-refractivity contribution >= 4 is 47.5 Å². The fourth-order valence-electron chi connectivity index (χ4n) is 17.0. The number of esters is 4. The largest absolute Gasteiger partial charge is 0.466 e. The van der Waals surface area contributed by atoms with Gasteiger partial charge in [-0.2, -0.15) is 0 Å². The maximum atomic E-state index is 13.9. The SMILES string of the molecule is CCCCCCCCCN(CCCC(=O)OCCCC)CCN(CCCCCCCCC)CC(=O)N1CCN(C(=O)CN(CCCCCCCCC)CCCC(=O)OCCCC)CC1.CCCCCCCCCN(CCCCCCCCC)CCN(CCCCCCCCC)CC(=O)N1CCN(C(=O)CN(CCCC(=O)OCCCC)CCCC(=O)OCCCC)CC1. The number of nitrogens with zero attached hydrogens (tertiary/aromatic N) is 10. The van der Waals surface area contributed by atoms with Gasteiger partial charge in [0.1, 0.15) is 0 Å². The lowest BCUT2D eigenvalue weighted by atomic mass is 10.1. The second kappa shape index (κ2) is 90.3. The molecule has 0 aromatic heterocycles. The molecule has 4 amide bonds. The molecule has 2 saturated heterocycles. The third kappa shape index (κ3) is 73.0. The van der Waals surface area contributed by atoms with Crippen LogP contribution in [0, 0.1) is 0 Å². The summed E-state index contributed by atoms with van der Waals surface area (Å²) in [7, 11) is 0. The lowest BCUT2D eigenvalue weighted by molar-refractivity contribution is -0.145. The van der Waals surface area contributed by atoms with Crippen molar-refractivity contribution in [1.82, 2.24) is 49.0 Å². The van der Waals surface area contributed by atoms with Crippen molar-refractivity contribution in [2.24, 2.45) is 0 Å². The first-order valence-corrected chi connectivity index (χ1v) is 54.6. The maximum Gasteiger partial charge on any atom is 0.305 e. The van der Waals surface area contributed by atoms with Crippen molar-refractivity contribution in [3.8, 4) is 0 Å². The topological polar surface area (TPSA) is 206 Å². The van der Waals surface area contributed by atoms with E-state index in [1.807, 2.05) is 19.6 Å². The molecule has 0 aliphatic carbocycles. The number of ether oxygens (including phenoxy) is 4. The van der Waals surface area contributed by atoms with Gasteiger partial charge in [0.25, 0.3) is 0 Å². The highest BCUT2D eigenvalue weighted by atomic mass is 16.5. The van der Waals surface area contributed by atoms with Gasteiger partial charge in [-0.3, -0.25) is 58.0 Å². The predicted octanol–water partition coefficient (Wildman–Crippen LogP) is 22.1. The number of hydrogen-bond acceptors (Lipinski definition) is 18. The van der Waals surface area contributed by atoms with Gasteiger partial charge in [-0.1, -0.05) is 326 Å². The first-order chi connectivity index (χ1) is 62.5. The highest BCUT2D eigenvalue weighted by Crippen LogP contribution is 2.19. The number of unbranched alkanes of at least 4 members (excludes halogenated alkanes) is 40. The second-order valence-corrected chi connectivity index (χ2v) is 37.7. The monoisotopic (exact) mass is 1810 g/mol. The van der Waals surface area contributed by atoms with Crippen molar-refractivity contribution in [3.63, 3.8) is 0 Å². The summed E-state index contributed by atoms with van der Waals surface area (Å²) >= 11 is 0. The average Bonchev–Trinajstić information content (AvgIpc) is 0.861. The van der Waals surface area contributed by atoms with Crippen molar-refractivity contribution in [2.75, 3.05) is 197 Å². The van der Waals surface area contributed by atoms with Crippen LogP contribution in [0.3, 0.4) is 0 Å². The van der Waals surface area contributed by atoms with Gasteiger partial charge in [0.05, 0.1) is 52.6 Å². The maximum absolute atomic E-state index is 13.9. The molecule has 128 heavy (non-hydrogen) atoms. The van der Waals surface area contributed by atoms with Crippen LogP contribution < -0.4 is 0 Å². The molecule has 0 unspecified atom stereocenters. The van der Waals surface area contributed by atoms with Gasteiger partial charge in [-0.25, -0.2) is 0 Å². The Morgan fingerprint density at radius 3 is 0.500 bits per heavy atom. The zero-order valence-corrected chi connectivity index (χ0v) is 85.6. The molecule has 2 aliphatic rings. The van der Waals surface area contributed by atoms with E-state index >= 15 is 0 Å².